The average Bonchev–Trinajstić information content (AvgIpc) is 2.84. The quantitative estimate of drug-likeness (QED) is 0.802. The summed E-state index contributed by atoms with van der Waals surface area (Å²) >= 11 is 0. The van der Waals surface area contributed by atoms with Crippen LogP contribution in [0.5, 0.6) is 5.75 Å². The van der Waals surface area contributed by atoms with E-state index in [-0.39, 0.29) is 30.0 Å². The lowest BCUT2D eigenvalue weighted by Gasteiger charge is -2.42. The van der Waals surface area contributed by atoms with E-state index in [1.54, 1.807) is 12.1 Å². The SMILES string of the molecule is C[C@@H]1CCC[C@@H](C)C12NC(=O)N(Cc1cccc(OCC(F)(F)F)c1)C2=O. The number of hydrogen-bond donors (Lipinski definition) is 1. The van der Waals surface area contributed by atoms with E-state index < -0.39 is 24.4 Å². The second kappa shape index (κ2) is 7.05. The van der Waals surface area contributed by atoms with Gasteiger partial charge in [0.05, 0.1) is 6.54 Å². The van der Waals surface area contributed by atoms with Gasteiger partial charge in [-0.05, 0) is 42.4 Å². The predicted octanol–water partition coefficient (Wildman–Crippen LogP) is 3.87. The van der Waals surface area contributed by atoms with Crippen molar-refractivity contribution in [2.75, 3.05) is 6.61 Å². The Balaban J connectivity index is 1.76. The monoisotopic (exact) mass is 384 g/mol. The first kappa shape index (κ1) is 19.5. The van der Waals surface area contributed by atoms with Crippen molar-refractivity contribution in [2.24, 2.45) is 11.8 Å². The summed E-state index contributed by atoms with van der Waals surface area (Å²) in [4.78, 5) is 26.8. The number of carbonyl (C=O) groups excluding carboxylic acids is 2. The zero-order valence-corrected chi connectivity index (χ0v) is 15.3. The normalized spacial score (nSPS) is 25.0. The number of alkyl halides is 3. The highest BCUT2D eigenvalue weighted by molar-refractivity contribution is 6.07. The molecule has 8 heteroatoms. The summed E-state index contributed by atoms with van der Waals surface area (Å²) in [6.45, 7) is 2.55. The van der Waals surface area contributed by atoms with Gasteiger partial charge in [0.25, 0.3) is 5.91 Å². The molecule has 5 nitrogen and oxygen atoms in total. The van der Waals surface area contributed by atoms with E-state index in [1.165, 1.54) is 12.1 Å². The van der Waals surface area contributed by atoms with Crippen LogP contribution in [0.4, 0.5) is 18.0 Å². The van der Waals surface area contributed by atoms with Gasteiger partial charge in [0.2, 0.25) is 0 Å². The van der Waals surface area contributed by atoms with Crippen LogP contribution in [0.15, 0.2) is 24.3 Å². The average molecular weight is 384 g/mol. The van der Waals surface area contributed by atoms with Crippen LogP contribution in [0.3, 0.4) is 0 Å². The van der Waals surface area contributed by atoms with Crippen LogP contribution >= 0.6 is 0 Å². The summed E-state index contributed by atoms with van der Waals surface area (Å²) in [5.74, 6) is -0.145. The zero-order valence-electron chi connectivity index (χ0n) is 15.3. The van der Waals surface area contributed by atoms with Crippen molar-refractivity contribution in [3.05, 3.63) is 29.8 Å². The number of halogens is 3. The van der Waals surface area contributed by atoms with E-state index in [9.17, 15) is 22.8 Å². The van der Waals surface area contributed by atoms with E-state index in [0.717, 1.165) is 24.2 Å². The molecule has 0 unspecified atom stereocenters. The number of rotatable bonds is 4. The van der Waals surface area contributed by atoms with Crippen LogP contribution in [0.1, 0.15) is 38.7 Å². The number of nitrogens with zero attached hydrogens (tertiary/aromatic N) is 1. The Kier molecular flexibility index (Phi) is 5.10. The molecule has 2 aliphatic rings. The minimum atomic E-state index is -4.43. The molecule has 27 heavy (non-hydrogen) atoms. The lowest BCUT2D eigenvalue weighted by atomic mass is 9.67. The number of urea groups is 1. The fourth-order valence-electron chi connectivity index (χ4n) is 4.18. The van der Waals surface area contributed by atoms with Crippen molar-refractivity contribution in [1.82, 2.24) is 10.2 Å². The summed E-state index contributed by atoms with van der Waals surface area (Å²) in [7, 11) is 0. The van der Waals surface area contributed by atoms with Crippen molar-refractivity contribution < 1.29 is 27.5 Å². The molecule has 2 atom stereocenters. The van der Waals surface area contributed by atoms with Crippen LogP contribution in [-0.2, 0) is 11.3 Å². The highest BCUT2D eigenvalue weighted by Crippen LogP contribution is 2.42. The third-order valence-corrected chi connectivity index (χ3v) is 5.63. The van der Waals surface area contributed by atoms with Crippen LogP contribution in [0.2, 0.25) is 0 Å². The Morgan fingerprint density at radius 3 is 2.52 bits per heavy atom. The molecule has 1 N–H and O–H groups in total. The number of nitrogens with one attached hydrogen (secondary N) is 1. The van der Waals surface area contributed by atoms with Gasteiger partial charge in [0, 0.05) is 0 Å². The molecular formula is C19H23F3N2O3. The first-order chi connectivity index (χ1) is 12.6. The largest absolute Gasteiger partial charge is 0.484 e. The zero-order chi connectivity index (χ0) is 19.8. The number of ether oxygens (including phenoxy) is 1. The van der Waals surface area contributed by atoms with Crippen molar-refractivity contribution in [1.29, 1.82) is 0 Å². The maximum absolute atomic E-state index is 13.1. The van der Waals surface area contributed by atoms with Crippen LogP contribution in [0.25, 0.3) is 0 Å². The molecule has 1 aliphatic carbocycles. The summed E-state index contributed by atoms with van der Waals surface area (Å²) in [5.41, 5.74) is -0.356. The molecule has 1 aromatic rings. The number of benzene rings is 1. The third kappa shape index (κ3) is 3.75. The molecule has 0 aromatic heterocycles. The molecule has 3 amide bonds. The minimum Gasteiger partial charge on any atom is -0.484 e. The number of imide groups is 1. The first-order valence-electron chi connectivity index (χ1n) is 9.06. The van der Waals surface area contributed by atoms with Gasteiger partial charge in [0.1, 0.15) is 11.3 Å². The van der Waals surface area contributed by atoms with E-state index >= 15 is 0 Å². The highest BCUT2D eigenvalue weighted by atomic mass is 19.4. The molecule has 1 heterocycles. The number of carbonyl (C=O) groups is 2. The fraction of sp³-hybridized carbons (Fsp3) is 0.579. The molecule has 2 fully saturated rings. The fourth-order valence-corrected chi connectivity index (χ4v) is 4.18. The standard InChI is InChI=1S/C19H23F3N2O3/c1-12-5-3-6-13(2)19(12)16(25)24(17(26)23-19)10-14-7-4-8-15(9-14)27-11-18(20,21)22/h4,7-9,12-13H,3,5-6,10-11H2,1-2H3,(H,23,26)/t12-,13-/m1/s1. The Morgan fingerprint density at radius 2 is 1.89 bits per heavy atom. The van der Waals surface area contributed by atoms with E-state index in [0.29, 0.717) is 5.56 Å². The Hall–Kier alpha value is -2.25. The smallest absolute Gasteiger partial charge is 0.422 e. The summed E-state index contributed by atoms with van der Waals surface area (Å²) < 4.78 is 41.7. The molecule has 1 saturated carbocycles. The van der Waals surface area contributed by atoms with Gasteiger partial charge in [0.15, 0.2) is 6.61 Å². The molecule has 0 bridgehead atoms. The van der Waals surface area contributed by atoms with Gasteiger partial charge in [-0.2, -0.15) is 13.2 Å². The van der Waals surface area contributed by atoms with Crippen molar-refractivity contribution in [2.45, 2.75) is 51.4 Å². The second-order valence-corrected chi connectivity index (χ2v) is 7.47. The molecule has 1 spiro atoms. The van der Waals surface area contributed by atoms with Crippen LogP contribution in [-0.4, -0.2) is 35.2 Å². The summed E-state index contributed by atoms with van der Waals surface area (Å²) in [6.07, 6.45) is -1.68. The molecule has 3 rings (SSSR count). The lowest BCUT2D eigenvalue weighted by molar-refractivity contribution is -0.153. The maximum atomic E-state index is 13.1. The first-order valence-corrected chi connectivity index (χ1v) is 9.06. The highest BCUT2D eigenvalue weighted by Gasteiger charge is 2.58. The second-order valence-electron chi connectivity index (χ2n) is 7.47. The molecule has 148 valence electrons. The van der Waals surface area contributed by atoms with Crippen LogP contribution in [0, 0.1) is 11.8 Å². The van der Waals surface area contributed by atoms with Crippen molar-refractivity contribution in [3.8, 4) is 5.75 Å². The van der Waals surface area contributed by atoms with Crippen molar-refractivity contribution >= 4 is 11.9 Å². The Labute approximate surface area is 155 Å². The molecular weight excluding hydrogens is 361 g/mol. The summed E-state index contributed by atoms with van der Waals surface area (Å²) in [6, 6.07) is 5.57. The van der Waals surface area contributed by atoms with E-state index in [4.69, 9.17) is 4.74 Å². The van der Waals surface area contributed by atoms with Gasteiger partial charge in [-0.15, -0.1) is 0 Å². The van der Waals surface area contributed by atoms with Crippen molar-refractivity contribution in [3.63, 3.8) is 0 Å². The molecule has 1 aliphatic heterocycles. The minimum absolute atomic E-state index is 0.00489. The summed E-state index contributed by atoms with van der Waals surface area (Å²) in [5, 5.41) is 2.91. The number of hydrogen-bond acceptors (Lipinski definition) is 3. The van der Waals surface area contributed by atoms with Gasteiger partial charge in [-0.1, -0.05) is 32.4 Å². The van der Waals surface area contributed by atoms with Crippen LogP contribution < -0.4 is 10.1 Å². The Morgan fingerprint density at radius 1 is 1.22 bits per heavy atom. The predicted molar refractivity (Wildman–Crippen MR) is 92.0 cm³/mol. The third-order valence-electron chi connectivity index (χ3n) is 5.63. The lowest BCUT2D eigenvalue weighted by Crippen LogP contribution is -2.58. The van der Waals surface area contributed by atoms with Gasteiger partial charge in [-0.3, -0.25) is 9.69 Å². The van der Waals surface area contributed by atoms with E-state index in [1.807, 2.05) is 13.8 Å². The van der Waals surface area contributed by atoms with Gasteiger partial charge >= 0.3 is 12.2 Å². The number of amides is 3. The molecule has 0 radical (unpaired) electrons. The van der Waals surface area contributed by atoms with Gasteiger partial charge in [-0.25, -0.2) is 4.79 Å². The molecule has 1 saturated heterocycles. The van der Waals surface area contributed by atoms with E-state index in [2.05, 4.69) is 5.32 Å². The Bertz CT molecular complexity index is 725. The van der Waals surface area contributed by atoms with Gasteiger partial charge < -0.3 is 10.1 Å². The molecule has 1 aromatic carbocycles. The topological polar surface area (TPSA) is 58.6 Å². The maximum Gasteiger partial charge on any atom is 0.422 e.